The highest BCUT2D eigenvalue weighted by atomic mass is 32.1. The van der Waals surface area contributed by atoms with Crippen LogP contribution in [-0.2, 0) is 17.6 Å². The maximum atomic E-state index is 5.79. The maximum absolute atomic E-state index is 5.79. The number of ether oxygens (including phenoxy) is 1. The van der Waals surface area contributed by atoms with Crippen LogP contribution in [0.15, 0.2) is 12.1 Å². The molecule has 0 amide bonds. The molecular formula is C14H25NOS. The van der Waals surface area contributed by atoms with Crippen LogP contribution in [0, 0.1) is 0 Å². The lowest BCUT2D eigenvalue weighted by Gasteiger charge is -2.25. The highest BCUT2D eigenvalue weighted by molar-refractivity contribution is 7.11. The smallest absolute Gasteiger partial charge is 0.0728 e. The molecule has 1 aromatic rings. The molecule has 1 aromatic heterocycles. The van der Waals surface area contributed by atoms with E-state index in [0.717, 1.165) is 25.9 Å². The van der Waals surface area contributed by atoms with Crippen LogP contribution in [0.1, 0.15) is 36.9 Å². The van der Waals surface area contributed by atoms with E-state index in [1.54, 1.807) is 0 Å². The Balaban J connectivity index is 2.61. The summed E-state index contributed by atoms with van der Waals surface area (Å²) in [5, 5.41) is 3.40. The van der Waals surface area contributed by atoms with Gasteiger partial charge in [-0.05, 0) is 45.4 Å². The molecular weight excluding hydrogens is 230 g/mol. The van der Waals surface area contributed by atoms with Crippen molar-refractivity contribution in [2.24, 2.45) is 0 Å². The summed E-state index contributed by atoms with van der Waals surface area (Å²) in [5.74, 6) is 0. The molecule has 2 nitrogen and oxygen atoms in total. The zero-order valence-corrected chi connectivity index (χ0v) is 12.3. The van der Waals surface area contributed by atoms with Crippen molar-refractivity contribution in [3.63, 3.8) is 0 Å². The van der Waals surface area contributed by atoms with Gasteiger partial charge in [0, 0.05) is 22.4 Å². The first kappa shape index (κ1) is 14.7. The van der Waals surface area contributed by atoms with Crippen molar-refractivity contribution < 1.29 is 4.74 Å². The standard InChI is InChI=1S/C14H25NOS/c1-5-11-8-9-12(17-11)10-13(15-4)14(6-2)16-7-3/h8-9,13-15H,5-7,10H2,1-4H3. The van der Waals surface area contributed by atoms with Gasteiger partial charge in [0.1, 0.15) is 0 Å². The van der Waals surface area contributed by atoms with Crippen molar-refractivity contribution in [1.82, 2.24) is 5.32 Å². The molecule has 2 atom stereocenters. The van der Waals surface area contributed by atoms with E-state index >= 15 is 0 Å². The number of hydrogen-bond acceptors (Lipinski definition) is 3. The van der Waals surface area contributed by atoms with E-state index in [4.69, 9.17) is 4.74 Å². The largest absolute Gasteiger partial charge is 0.377 e. The third-order valence-electron chi connectivity index (χ3n) is 3.09. The number of rotatable bonds is 8. The van der Waals surface area contributed by atoms with E-state index in [2.05, 4.69) is 38.2 Å². The van der Waals surface area contributed by atoms with Gasteiger partial charge in [0.25, 0.3) is 0 Å². The lowest BCUT2D eigenvalue weighted by atomic mass is 10.0. The molecule has 0 fully saturated rings. The summed E-state index contributed by atoms with van der Waals surface area (Å²) in [6.45, 7) is 7.26. The molecule has 0 aliphatic heterocycles. The summed E-state index contributed by atoms with van der Waals surface area (Å²) in [6.07, 6.45) is 3.58. The molecule has 0 saturated heterocycles. The van der Waals surface area contributed by atoms with Crippen LogP contribution in [0.25, 0.3) is 0 Å². The molecule has 0 aliphatic rings. The predicted molar refractivity (Wildman–Crippen MR) is 76.0 cm³/mol. The summed E-state index contributed by atoms with van der Waals surface area (Å²) in [4.78, 5) is 2.93. The quantitative estimate of drug-likeness (QED) is 0.770. The van der Waals surface area contributed by atoms with Crippen LogP contribution in [0.4, 0.5) is 0 Å². The minimum Gasteiger partial charge on any atom is -0.377 e. The predicted octanol–water partition coefficient (Wildman–Crippen LogP) is 3.26. The SMILES string of the molecule is CCOC(CC)C(Cc1ccc(CC)s1)NC. The van der Waals surface area contributed by atoms with Crippen molar-refractivity contribution in [3.05, 3.63) is 21.9 Å². The normalized spacial score (nSPS) is 14.8. The summed E-state index contributed by atoms with van der Waals surface area (Å²) < 4.78 is 5.79. The molecule has 0 bridgehead atoms. The number of hydrogen-bond donors (Lipinski definition) is 1. The Hall–Kier alpha value is -0.380. The fourth-order valence-corrected chi connectivity index (χ4v) is 3.11. The fourth-order valence-electron chi connectivity index (χ4n) is 2.09. The van der Waals surface area contributed by atoms with Crippen molar-refractivity contribution in [1.29, 1.82) is 0 Å². The molecule has 1 rings (SSSR count). The Kier molecular flexibility index (Phi) is 6.78. The Morgan fingerprint density at radius 1 is 1.24 bits per heavy atom. The molecule has 1 heterocycles. The van der Waals surface area contributed by atoms with Gasteiger partial charge in [-0.3, -0.25) is 0 Å². The highest BCUT2D eigenvalue weighted by Crippen LogP contribution is 2.20. The van der Waals surface area contributed by atoms with Crippen LogP contribution in [0.2, 0.25) is 0 Å². The Bertz CT molecular complexity index is 311. The first-order valence-corrected chi connectivity index (χ1v) is 7.43. The summed E-state index contributed by atoms with van der Waals surface area (Å²) in [5.41, 5.74) is 0. The van der Waals surface area contributed by atoms with Gasteiger partial charge in [-0.15, -0.1) is 11.3 Å². The fraction of sp³-hybridized carbons (Fsp3) is 0.714. The molecule has 0 radical (unpaired) electrons. The van der Waals surface area contributed by atoms with Gasteiger partial charge in [0.2, 0.25) is 0 Å². The van der Waals surface area contributed by atoms with E-state index < -0.39 is 0 Å². The molecule has 0 saturated carbocycles. The first-order chi connectivity index (χ1) is 8.24. The van der Waals surface area contributed by atoms with Gasteiger partial charge in [-0.2, -0.15) is 0 Å². The van der Waals surface area contributed by atoms with Crippen LogP contribution in [-0.4, -0.2) is 25.8 Å². The van der Waals surface area contributed by atoms with E-state index in [0.29, 0.717) is 12.1 Å². The average molecular weight is 255 g/mol. The molecule has 1 N–H and O–H groups in total. The number of likely N-dealkylation sites (N-methyl/N-ethyl adjacent to an activating group) is 1. The molecule has 3 heteroatoms. The molecule has 98 valence electrons. The minimum absolute atomic E-state index is 0.317. The van der Waals surface area contributed by atoms with Crippen molar-refractivity contribution >= 4 is 11.3 Å². The topological polar surface area (TPSA) is 21.3 Å². The lowest BCUT2D eigenvalue weighted by molar-refractivity contribution is 0.0341. The van der Waals surface area contributed by atoms with Gasteiger partial charge >= 0.3 is 0 Å². The average Bonchev–Trinajstić information content (AvgIpc) is 2.81. The van der Waals surface area contributed by atoms with Crippen molar-refractivity contribution in [2.45, 2.75) is 52.2 Å². The zero-order valence-electron chi connectivity index (χ0n) is 11.5. The molecule has 2 unspecified atom stereocenters. The van der Waals surface area contributed by atoms with E-state index in [1.165, 1.54) is 9.75 Å². The highest BCUT2D eigenvalue weighted by Gasteiger charge is 2.19. The van der Waals surface area contributed by atoms with Crippen LogP contribution < -0.4 is 5.32 Å². The van der Waals surface area contributed by atoms with Crippen molar-refractivity contribution in [3.8, 4) is 0 Å². The molecule has 0 aliphatic carbocycles. The van der Waals surface area contributed by atoms with E-state index in [1.807, 2.05) is 18.4 Å². The summed E-state index contributed by atoms with van der Waals surface area (Å²) in [7, 11) is 2.03. The third-order valence-corrected chi connectivity index (χ3v) is 4.34. The van der Waals surface area contributed by atoms with Gasteiger partial charge in [-0.25, -0.2) is 0 Å². The Morgan fingerprint density at radius 3 is 2.41 bits per heavy atom. The second-order valence-corrected chi connectivity index (χ2v) is 5.48. The molecule has 0 spiro atoms. The van der Waals surface area contributed by atoms with E-state index in [-0.39, 0.29) is 0 Å². The first-order valence-electron chi connectivity index (χ1n) is 6.61. The Labute approximate surface area is 109 Å². The minimum atomic E-state index is 0.317. The number of aryl methyl sites for hydroxylation is 1. The lowest BCUT2D eigenvalue weighted by Crippen LogP contribution is -2.40. The van der Waals surface area contributed by atoms with Crippen LogP contribution in [0.3, 0.4) is 0 Å². The maximum Gasteiger partial charge on any atom is 0.0728 e. The second-order valence-electron chi connectivity index (χ2n) is 4.22. The van der Waals surface area contributed by atoms with Crippen molar-refractivity contribution in [2.75, 3.05) is 13.7 Å². The molecule has 0 aromatic carbocycles. The number of nitrogens with one attached hydrogen (secondary N) is 1. The summed E-state index contributed by atoms with van der Waals surface area (Å²) >= 11 is 1.93. The summed E-state index contributed by atoms with van der Waals surface area (Å²) in [6, 6.07) is 4.92. The Morgan fingerprint density at radius 2 is 1.94 bits per heavy atom. The number of thiophene rings is 1. The van der Waals surface area contributed by atoms with Gasteiger partial charge in [0.15, 0.2) is 0 Å². The second kappa shape index (κ2) is 7.85. The zero-order chi connectivity index (χ0) is 12.7. The van der Waals surface area contributed by atoms with Gasteiger partial charge < -0.3 is 10.1 Å². The monoisotopic (exact) mass is 255 g/mol. The molecule has 17 heavy (non-hydrogen) atoms. The van der Waals surface area contributed by atoms with Crippen LogP contribution >= 0.6 is 11.3 Å². The van der Waals surface area contributed by atoms with Gasteiger partial charge in [0.05, 0.1) is 6.10 Å². The van der Waals surface area contributed by atoms with Crippen LogP contribution in [0.5, 0.6) is 0 Å². The van der Waals surface area contributed by atoms with Gasteiger partial charge in [-0.1, -0.05) is 13.8 Å². The third kappa shape index (κ3) is 4.41. The van der Waals surface area contributed by atoms with E-state index in [9.17, 15) is 0 Å².